The number of carbonyl (C=O) groups excluding carboxylic acids is 3. The van der Waals surface area contributed by atoms with Crippen molar-refractivity contribution in [1.29, 1.82) is 0 Å². The number of anilines is 3. The molecule has 2 aromatic carbocycles. The predicted octanol–water partition coefficient (Wildman–Crippen LogP) is 4.19. The van der Waals surface area contributed by atoms with E-state index in [-0.39, 0.29) is 13.0 Å². The van der Waals surface area contributed by atoms with Crippen molar-refractivity contribution in [2.45, 2.75) is 39.0 Å². The fourth-order valence-corrected chi connectivity index (χ4v) is 4.73. The van der Waals surface area contributed by atoms with E-state index in [0.717, 1.165) is 5.56 Å². The molecule has 3 aromatic rings. The number of rotatable bonds is 12. The fourth-order valence-electron chi connectivity index (χ4n) is 4.73. The molecule has 3 N–H and O–H groups in total. The summed E-state index contributed by atoms with van der Waals surface area (Å²) in [6, 6.07) is 16.9. The first-order valence-corrected chi connectivity index (χ1v) is 13.4. The predicted molar refractivity (Wildman–Crippen MR) is 155 cm³/mol. The van der Waals surface area contributed by atoms with E-state index in [9.17, 15) is 14.4 Å². The topological polar surface area (TPSA) is 131 Å². The largest absolute Gasteiger partial charge is 0.481 e. The minimum atomic E-state index is -1.71. The lowest BCUT2D eigenvalue weighted by atomic mass is 9.87. The molecule has 1 unspecified atom stereocenters. The number of methoxy groups -OCH3 is 1. The third-order valence-corrected chi connectivity index (χ3v) is 6.59. The lowest BCUT2D eigenvalue weighted by Crippen LogP contribution is -2.56. The van der Waals surface area contributed by atoms with Gasteiger partial charge in [-0.15, -0.1) is 0 Å². The molecule has 2 heterocycles. The Morgan fingerprint density at radius 1 is 0.951 bits per heavy atom. The first-order chi connectivity index (χ1) is 19.8. The quantitative estimate of drug-likeness (QED) is 0.283. The summed E-state index contributed by atoms with van der Waals surface area (Å²) in [7, 11) is 1.49. The van der Waals surface area contributed by atoms with Gasteiger partial charge in [-0.25, -0.2) is 9.78 Å². The summed E-state index contributed by atoms with van der Waals surface area (Å²) in [6.45, 7) is 6.46. The number of hydrogen-bond donors (Lipinski definition) is 3. The number of para-hydroxylation sites is 1. The molecule has 1 aliphatic rings. The van der Waals surface area contributed by atoms with Gasteiger partial charge >= 0.3 is 6.03 Å². The number of pyridine rings is 1. The molecule has 0 bridgehead atoms. The Morgan fingerprint density at radius 3 is 2.27 bits per heavy atom. The fraction of sp³-hybridized carbons (Fsp3) is 0.333. The van der Waals surface area contributed by atoms with Gasteiger partial charge in [0.1, 0.15) is 0 Å². The van der Waals surface area contributed by atoms with E-state index in [0.29, 0.717) is 41.7 Å². The smallest absolute Gasteiger partial charge is 0.320 e. The molecule has 0 spiro atoms. The molecule has 41 heavy (non-hydrogen) atoms. The highest BCUT2D eigenvalue weighted by atomic mass is 16.7. The number of nitrogens with zero attached hydrogens (tertiary/aromatic N) is 2. The number of amides is 4. The average Bonchev–Trinajstić information content (AvgIpc) is 3.17. The third-order valence-electron chi connectivity index (χ3n) is 6.59. The number of aryl methyl sites for hydroxylation is 1. The molecule has 1 aliphatic heterocycles. The van der Waals surface area contributed by atoms with E-state index < -0.39 is 29.7 Å². The van der Waals surface area contributed by atoms with Gasteiger partial charge in [-0.05, 0) is 45.0 Å². The van der Waals surface area contributed by atoms with Crippen LogP contribution in [0.15, 0.2) is 66.9 Å². The highest BCUT2D eigenvalue weighted by molar-refractivity contribution is 6.12. The van der Waals surface area contributed by atoms with Crippen molar-refractivity contribution in [3.63, 3.8) is 0 Å². The molecule has 1 atom stereocenters. The molecule has 1 aromatic heterocycles. The zero-order valence-corrected chi connectivity index (χ0v) is 23.6. The highest BCUT2D eigenvalue weighted by Crippen LogP contribution is 2.43. The first-order valence-electron chi connectivity index (χ1n) is 13.4. The van der Waals surface area contributed by atoms with Crippen molar-refractivity contribution >= 4 is 34.9 Å². The van der Waals surface area contributed by atoms with E-state index in [4.69, 9.17) is 14.2 Å². The second kappa shape index (κ2) is 13.2. The zero-order valence-electron chi connectivity index (χ0n) is 23.6. The first kappa shape index (κ1) is 29.5. The normalized spacial score (nSPS) is 15.9. The number of ether oxygens (including phenoxy) is 3. The SMILES string of the molecule is CCOC(CN1C(=O)C(CC(=O)Nc2ccc(OC)nc2)(NC(=O)Nc2ccc(C)cc2)c2ccccc21)OCC. The van der Waals surface area contributed by atoms with Crippen molar-refractivity contribution < 1.29 is 28.6 Å². The van der Waals surface area contributed by atoms with Crippen LogP contribution in [0, 0.1) is 6.92 Å². The summed E-state index contributed by atoms with van der Waals surface area (Å²) in [4.78, 5) is 46.7. The maximum absolute atomic E-state index is 14.3. The number of urea groups is 1. The molecule has 4 rings (SSSR count). The monoisotopic (exact) mass is 561 g/mol. The molecule has 11 nitrogen and oxygen atoms in total. The molecular weight excluding hydrogens is 526 g/mol. The Bertz CT molecular complexity index is 1360. The van der Waals surface area contributed by atoms with Crippen LogP contribution < -0.4 is 25.6 Å². The minimum absolute atomic E-state index is 0.0740. The second-order valence-corrected chi connectivity index (χ2v) is 9.44. The van der Waals surface area contributed by atoms with Gasteiger partial charge in [-0.1, -0.05) is 35.9 Å². The molecule has 216 valence electrons. The van der Waals surface area contributed by atoms with E-state index in [1.54, 1.807) is 48.5 Å². The number of carbonyl (C=O) groups is 3. The lowest BCUT2D eigenvalue weighted by molar-refractivity contribution is -0.138. The van der Waals surface area contributed by atoms with E-state index >= 15 is 0 Å². The second-order valence-electron chi connectivity index (χ2n) is 9.44. The summed E-state index contributed by atoms with van der Waals surface area (Å²) in [5.74, 6) is -0.587. The summed E-state index contributed by atoms with van der Waals surface area (Å²) in [5.41, 5.74) is 1.32. The zero-order chi connectivity index (χ0) is 29.4. The van der Waals surface area contributed by atoms with Crippen LogP contribution in [0.25, 0.3) is 0 Å². The van der Waals surface area contributed by atoms with Crippen molar-refractivity contribution in [3.8, 4) is 5.88 Å². The van der Waals surface area contributed by atoms with Gasteiger partial charge in [0.2, 0.25) is 11.8 Å². The van der Waals surface area contributed by atoms with Gasteiger partial charge in [0.05, 0.1) is 37.6 Å². The molecule has 11 heteroatoms. The van der Waals surface area contributed by atoms with Gasteiger partial charge in [-0.3, -0.25) is 9.59 Å². The van der Waals surface area contributed by atoms with Crippen LogP contribution in [0.2, 0.25) is 0 Å². The summed E-state index contributed by atoms with van der Waals surface area (Å²) in [6.07, 6.45) is 0.381. The van der Waals surface area contributed by atoms with Gasteiger partial charge in [0.15, 0.2) is 11.8 Å². The molecular formula is C30H35N5O6. The van der Waals surface area contributed by atoms with Gasteiger partial charge in [0.25, 0.3) is 5.91 Å². The van der Waals surface area contributed by atoms with Crippen LogP contribution in [-0.4, -0.2) is 56.0 Å². The third kappa shape index (κ3) is 6.82. The number of nitrogens with one attached hydrogen (secondary N) is 3. The Morgan fingerprint density at radius 2 is 1.63 bits per heavy atom. The van der Waals surface area contributed by atoms with E-state index in [1.807, 2.05) is 32.9 Å². The van der Waals surface area contributed by atoms with Crippen LogP contribution in [-0.2, 0) is 24.6 Å². The van der Waals surface area contributed by atoms with Gasteiger partial charge < -0.3 is 35.1 Å². The van der Waals surface area contributed by atoms with Crippen molar-refractivity contribution in [1.82, 2.24) is 10.3 Å². The molecule has 0 fully saturated rings. The Hall–Kier alpha value is -4.48. The van der Waals surface area contributed by atoms with Crippen LogP contribution in [0.1, 0.15) is 31.4 Å². The number of aromatic nitrogens is 1. The van der Waals surface area contributed by atoms with Crippen LogP contribution in [0.3, 0.4) is 0 Å². The van der Waals surface area contributed by atoms with Crippen molar-refractivity contribution in [2.75, 3.05) is 42.4 Å². The standard InChI is InChI=1S/C30H35N5O6/c1-5-40-27(41-6-2)19-35-24-10-8-7-9-23(24)30(28(35)37,34-29(38)33-21-13-11-20(3)12-14-21)17-25(36)32-22-15-16-26(39-4)31-18-22/h7-16,18,27H,5-6,17,19H2,1-4H3,(H,32,36)(H2,33,34,38). The molecule has 0 aliphatic carbocycles. The highest BCUT2D eigenvalue weighted by Gasteiger charge is 2.53. The molecule has 4 amide bonds. The number of benzene rings is 2. The summed E-state index contributed by atoms with van der Waals surface area (Å²) in [5, 5.41) is 8.40. The van der Waals surface area contributed by atoms with Crippen LogP contribution in [0.5, 0.6) is 5.88 Å². The Labute approximate surface area is 239 Å². The van der Waals surface area contributed by atoms with Crippen LogP contribution in [0.4, 0.5) is 21.9 Å². The summed E-state index contributed by atoms with van der Waals surface area (Å²) < 4.78 is 16.5. The average molecular weight is 562 g/mol. The molecule has 0 saturated heterocycles. The maximum Gasteiger partial charge on any atom is 0.320 e. The maximum atomic E-state index is 14.3. The summed E-state index contributed by atoms with van der Waals surface area (Å²) >= 11 is 0. The molecule has 0 radical (unpaired) electrons. The van der Waals surface area contributed by atoms with Gasteiger partial charge in [-0.2, -0.15) is 0 Å². The van der Waals surface area contributed by atoms with Crippen molar-refractivity contribution in [2.24, 2.45) is 0 Å². The van der Waals surface area contributed by atoms with E-state index in [1.165, 1.54) is 18.2 Å². The van der Waals surface area contributed by atoms with Crippen LogP contribution >= 0.6 is 0 Å². The van der Waals surface area contributed by atoms with Gasteiger partial charge in [0, 0.05) is 30.5 Å². The number of hydrogen-bond acceptors (Lipinski definition) is 7. The van der Waals surface area contributed by atoms with Crippen molar-refractivity contribution in [3.05, 3.63) is 78.0 Å². The Balaban J connectivity index is 1.68. The molecule has 0 saturated carbocycles. The number of fused-ring (bicyclic) bond motifs is 1. The lowest BCUT2D eigenvalue weighted by Gasteiger charge is -2.30. The minimum Gasteiger partial charge on any atom is -0.481 e. The van der Waals surface area contributed by atoms with E-state index in [2.05, 4.69) is 20.9 Å². The Kier molecular flexibility index (Phi) is 9.53.